The highest BCUT2D eigenvalue weighted by Gasteiger charge is 2.29. The summed E-state index contributed by atoms with van der Waals surface area (Å²) in [5.74, 6) is 0.504. The number of para-hydroxylation sites is 1. The van der Waals surface area contributed by atoms with Crippen LogP contribution in [0.15, 0.2) is 54.6 Å². The predicted molar refractivity (Wildman–Crippen MR) is 128 cm³/mol. The molecular formula is C27H33N3O2. The first kappa shape index (κ1) is 21.2. The van der Waals surface area contributed by atoms with E-state index in [4.69, 9.17) is 4.74 Å². The van der Waals surface area contributed by atoms with E-state index in [1.54, 1.807) is 0 Å². The molecule has 2 saturated heterocycles. The van der Waals surface area contributed by atoms with Gasteiger partial charge in [0.2, 0.25) is 5.91 Å². The van der Waals surface area contributed by atoms with Gasteiger partial charge in [-0.3, -0.25) is 9.69 Å². The van der Waals surface area contributed by atoms with Gasteiger partial charge in [0, 0.05) is 43.3 Å². The fraction of sp³-hybridized carbons (Fsp3) is 0.444. The number of aromatic nitrogens is 1. The third-order valence-electron chi connectivity index (χ3n) is 7.00. The van der Waals surface area contributed by atoms with Crippen molar-refractivity contribution in [3.63, 3.8) is 0 Å². The molecule has 3 heterocycles. The van der Waals surface area contributed by atoms with Gasteiger partial charge >= 0.3 is 0 Å². The second-order valence-electron chi connectivity index (χ2n) is 9.25. The van der Waals surface area contributed by atoms with E-state index in [2.05, 4.69) is 71.0 Å². The van der Waals surface area contributed by atoms with E-state index in [0.717, 1.165) is 52.1 Å². The number of nitrogens with zero attached hydrogens (tertiary/aromatic N) is 3. The number of carbonyl (C=O) groups excluding carboxylic acids is 1. The molecule has 5 rings (SSSR count). The highest BCUT2D eigenvalue weighted by molar-refractivity contribution is 5.81. The van der Waals surface area contributed by atoms with Crippen molar-refractivity contribution in [2.75, 3.05) is 39.4 Å². The van der Waals surface area contributed by atoms with Crippen LogP contribution in [0.5, 0.6) is 0 Å². The summed E-state index contributed by atoms with van der Waals surface area (Å²) in [6.45, 7) is 8.75. The quantitative estimate of drug-likeness (QED) is 0.611. The summed E-state index contributed by atoms with van der Waals surface area (Å²) in [5, 5.41) is 1.30. The molecule has 5 nitrogen and oxygen atoms in total. The molecule has 1 amide bonds. The monoisotopic (exact) mass is 431 g/mol. The summed E-state index contributed by atoms with van der Waals surface area (Å²) >= 11 is 0. The van der Waals surface area contributed by atoms with Crippen molar-refractivity contribution in [2.24, 2.45) is 5.92 Å². The number of amides is 1. The van der Waals surface area contributed by atoms with Crippen molar-refractivity contribution in [1.29, 1.82) is 0 Å². The summed E-state index contributed by atoms with van der Waals surface area (Å²) < 4.78 is 7.86. The Balaban J connectivity index is 1.28. The Morgan fingerprint density at radius 1 is 0.938 bits per heavy atom. The van der Waals surface area contributed by atoms with Gasteiger partial charge in [-0.2, -0.15) is 0 Å². The van der Waals surface area contributed by atoms with Crippen LogP contribution in [0.25, 0.3) is 10.9 Å². The number of hydrogen-bond donors (Lipinski definition) is 0. The highest BCUT2D eigenvalue weighted by atomic mass is 16.5. The van der Waals surface area contributed by atoms with Crippen molar-refractivity contribution in [1.82, 2.24) is 14.4 Å². The van der Waals surface area contributed by atoms with E-state index < -0.39 is 0 Å². The van der Waals surface area contributed by atoms with E-state index in [0.29, 0.717) is 19.1 Å². The van der Waals surface area contributed by atoms with Gasteiger partial charge in [0.1, 0.15) is 0 Å². The number of fused-ring (bicyclic) bond motifs is 1. The second kappa shape index (κ2) is 9.47. The molecule has 2 aliphatic heterocycles. The molecule has 0 unspecified atom stereocenters. The van der Waals surface area contributed by atoms with Crippen LogP contribution >= 0.6 is 0 Å². The smallest absolute Gasteiger partial charge is 0.225 e. The zero-order valence-electron chi connectivity index (χ0n) is 19.0. The number of likely N-dealkylation sites (tertiary alicyclic amines) is 1. The van der Waals surface area contributed by atoms with E-state index in [1.807, 2.05) is 4.90 Å². The standard InChI is InChI=1S/C27H33N3O2/c1-21-6-8-22(9-7-21)19-30-25(18-24-4-2-3-5-26(24)30)20-28-12-10-23(11-13-28)27(31)29-14-16-32-17-15-29/h2-9,18,23H,10-17,19-20H2,1H3. The first-order chi connectivity index (χ1) is 15.7. The lowest BCUT2D eigenvalue weighted by atomic mass is 9.95. The lowest BCUT2D eigenvalue weighted by Gasteiger charge is -2.35. The number of carbonyl (C=O) groups is 1. The Hall–Kier alpha value is -2.63. The predicted octanol–water partition coefficient (Wildman–Crippen LogP) is 4.07. The van der Waals surface area contributed by atoms with Crippen molar-refractivity contribution < 1.29 is 9.53 Å². The molecule has 0 spiro atoms. The Bertz CT molecular complexity index is 1060. The van der Waals surface area contributed by atoms with Crippen molar-refractivity contribution >= 4 is 16.8 Å². The number of hydrogen-bond acceptors (Lipinski definition) is 3. The van der Waals surface area contributed by atoms with E-state index in [1.165, 1.54) is 27.7 Å². The van der Waals surface area contributed by atoms with Crippen LogP contribution in [-0.4, -0.2) is 59.7 Å². The summed E-state index contributed by atoms with van der Waals surface area (Å²) in [4.78, 5) is 17.4. The Morgan fingerprint density at radius 2 is 1.66 bits per heavy atom. The van der Waals surface area contributed by atoms with Gasteiger partial charge in [0.05, 0.1) is 13.2 Å². The highest BCUT2D eigenvalue weighted by Crippen LogP contribution is 2.26. The van der Waals surface area contributed by atoms with Gasteiger partial charge in [0.15, 0.2) is 0 Å². The maximum Gasteiger partial charge on any atom is 0.225 e. The van der Waals surface area contributed by atoms with Crippen LogP contribution < -0.4 is 0 Å². The minimum atomic E-state index is 0.169. The lowest BCUT2D eigenvalue weighted by Crippen LogP contribution is -2.46. The summed E-state index contributed by atoms with van der Waals surface area (Å²) in [6.07, 6.45) is 1.91. The minimum Gasteiger partial charge on any atom is -0.378 e. The largest absolute Gasteiger partial charge is 0.378 e. The molecule has 1 aromatic heterocycles. The van der Waals surface area contributed by atoms with Gasteiger partial charge in [-0.25, -0.2) is 0 Å². The van der Waals surface area contributed by atoms with Gasteiger partial charge in [-0.15, -0.1) is 0 Å². The molecular weight excluding hydrogens is 398 g/mol. The Morgan fingerprint density at radius 3 is 2.41 bits per heavy atom. The summed E-state index contributed by atoms with van der Waals surface area (Å²) in [5.41, 5.74) is 5.26. The zero-order chi connectivity index (χ0) is 21.9. The maximum atomic E-state index is 12.9. The van der Waals surface area contributed by atoms with Crippen LogP contribution in [0, 0.1) is 12.8 Å². The minimum absolute atomic E-state index is 0.169. The molecule has 0 aliphatic carbocycles. The van der Waals surface area contributed by atoms with Gasteiger partial charge in [-0.05, 0) is 55.9 Å². The third kappa shape index (κ3) is 4.59. The van der Waals surface area contributed by atoms with Crippen molar-refractivity contribution in [3.05, 3.63) is 71.4 Å². The molecule has 32 heavy (non-hydrogen) atoms. The van der Waals surface area contributed by atoms with Crippen LogP contribution in [0.1, 0.15) is 29.7 Å². The van der Waals surface area contributed by atoms with Crippen LogP contribution in [0.2, 0.25) is 0 Å². The van der Waals surface area contributed by atoms with Crippen molar-refractivity contribution in [3.8, 4) is 0 Å². The average Bonchev–Trinajstić information content (AvgIpc) is 3.18. The molecule has 168 valence electrons. The van der Waals surface area contributed by atoms with E-state index in [-0.39, 0.29) is 5.92 Å². The Kier molecular flexibility index (Phi) is 6.28. The van der Waals surface area contributed by atoms with Crippen LogP contribution in [0.4, 0.5) is 0 Å². The SMILES string of the molecule is Cc1ccc(Cn2c(CN3CCC(C(=O)N4CCOCC4)CC3)cc3ccccc32)cc1. The van der Waals surface area contributed by atoms with Crippen LogP contribution in [0.3, 0.4) is 0 Å². The first-order valence-electron chi connectivity index (χ1n) is 11.9. The van der Waals surface area contributed by atoms with Crippen molar-refractivity contribution in [2.45, 2.75) is 32.9 Å². The van der Waals surface area contributed by atoms with E-state index >= 15 is 0 Å². The lowest BCUT2D eigenvalue weighted by molar-refractivity contribution is -0.141. The average molecular weight is 432 g/mol. The first-order valence-corrected chi connectivity index (χ1v) is 11.9. The molecule has 5 heteroatoms. The van der Waals surface area contributed by atoms with Gasteiger partial charge in [-0.1, -0.05) is 48.0 Å². The summed E-state index contributed by atoms with van der Waals surface area (Å²) in [7, 11) is 0. The molecule has 2 aliphatic rings. The molecule has 3 aromatic rings. The third-order valence-corrected chi connectivity index (χ3v) is 7.00. The number of piperidine rings is 1. The number of ether oxygens (including phenoxy) is 1. The fourth-order valence-electron chi connectivity index (χ4n) is 5.07. The molecule has 0 radical (unpaired) electrons. The number of morpholine rings is 1. The molecule has 2 fully saturated rings. The second-order valence-corrected chi connectivity index (χ2v) is 9.25. The van der Waals surface area contributed by atoms with E-state index in [9.17, 15) is 4.79 Å². The maximum absolute atomic E-state index is 12.9. The number of rotatable bonds is 5. The number of aryl methyl sites for hydroxylation is 1. The van der Waals surface area contributed by atoms with Gasteiger partial charge < -0.3 is 14.2 Å². The molecule has 0 atom stereocenters. The Labute approximate surface area is 190 Å². The summed E-state index contributed by atoms with van der Waals surface area (Å²) in [6, 6.07) is 19.9. The molecule has 0 saturated carbocycles. The van der Waals surface area contributed by atoms with Gasteiger partial charge in [0.25, 0.3) is 0 Å². The topological polar surface area (TPSA) is 37.7 Å². The fourth-order valence-corrected chi connectivity index (χ4v) is 5.07. The number of benzene rings is 2. The molecule has 0 N–H and O–H groups in total. The molecule has 2 aromatic carbocycles. The van der Waals surface area contributed by atoms with Crippen LogP contribution in [-0.2, 0) is 22.6 Å². The molecule has 0 bridgehead atoms. The normalized spacial score (nSPS) is 18.3. The zero-order valence-corrected chi connectivity index (χ0v) is 19.0.